The first-order valence-electron chi connectivity index (χ1n) is 6.57. The standard InChI is InChI=1S/C14H20N2O4S/c1-10(2)8-14(3,21-15)13(17)20-9-11-4-6-12(7-5-11)16(18)19/h4-7,10H,8-9,15H2,1-3H3/t14-/m1/s1. The third kappa shape index (κ3) is 5.02. The summed E-state index contributed by atoms with van der Waals surface area (Å²) in [4.78, 5) is 22.2. The number of hydrogen-bond acceptors (Lipinski definition) is 6. The lowest BCUT2D eigenvalue weighted by molar-refractivity contribution is -0.384. The Labute approximate surface area is 128 Å². The van der Waals surface area contributed by atoms with Gasteiger partial charge in [-0.05, 0) is 37.0 Å². The normalized spacial score (nSPS) is 13.8. The molecule has 0 heterocycles. The Balaban J connectivity index is 2.65. The van der Waals surface area contributed by atoms with E-state index in [0.29, 0.717) is 17.9 Å². The number of nitro groups is 1. The molecule has 0 aliphatic rings. The Hall–Kier alpha value is -1.60. The molecule has 1 aromatic carbocycles. The van der Waals surface area contributed by atoms with Gasteiger partial charge in [-0.25, -0.2) is 0 Å². The second-order valence-electron chi connectivity index (χ2n) is 5.45. The smallest absolute Gasteiger partial charge is 0.323 e. The maximum Gasteiger partial charge on any atom is 0.323 e. The summed E-state index contributed by atoms with van der Waals surface area (Å²) in [5.41, 5.74) is 0.704. The number of carbonyl (C=O) groups is 1. The van der Waals surface area contributed by atoms with Crippen LogP contribution in [0.2, 0.25) is 0 Å². The monoisotopic (exact) mass is 312 g/mol. The van der Waals surface area contributed by atoms with Gasteiger partial charge in [-0.15, -0.1) is 0 Å². The Kier molecular flexibility index (Phi) is 6.17. The van der Waals surface area contributed by atoms with E-state index >= 15 is 0 Å². The molecule has 1 rings (SSSR count). The van der Waals surface area contributed by atoms with Gasteiger partial charge in [0.1, 0.15) is 11.4 Å². The highest BCUT2D eigenvalue weighted by molar-refractivity contribution is 7.99. The van der Waals surface area contributed by atoms with Gasteiger partial charge in [-0.3, -0.25) is 20.0 Å². The number of nitro benzene ring substituents is 1. The number of rotatable bonds is 7. The van der Waals surface area contributed by atoms with Crippen LogP contribution in [0.25, 0.3) is 0 Å². The molecule has 0 aliphatic heterocycles. The summed E-state index contributed by atoms with van der Waals surface area (Å²) in [6, 6.07) is 5.91. The zero-order valence-electron chi connectivity index (χ0n) is 12.4. The molecule has 0 saturated heterocycles. The molecular weight excluding hydrogens is 292 g/mol. The van der Waals surface area contributed by atoms with Crippen LogP contribution >= 0.6 is 11.9 Å². The molecule has 0 amide bonds. The van der Waals surface area contributed by atoms with E-state index in [1.165, 1.54) is 12.1 Å². The quantitative estimate of drug-likeness (QED) is 0.360. The van der Waals surface area contributed by atoms with Crippen LogP contribution in [-0.4, -0.2) is 15.6 Å². The number of hydrogen-bond donors (Lipinski definition) is 1. The zero-order valence-corrected chi connectivity index (χ0v) is 13.2. The van der Waals surface area contributed by atoms with Gasteiger partial charge < -0.3 is 4.74 Å². The second-order valence-corrected chi connectivity index (χ2v) is 6.58. The van der Waals surface area contributed by atoms with E-state index in [1.807, 2.05) is 13.8 Å². The maximum atomic E-state index is 12.1. The average molecular weight is 312 g/mol. The molecule has 0 aromatic heterocycles. The van der Waals surface area contributed by atoms with E-state index in [4.69, 9.17) is 9.88 Å². The Morgan fingerprint density at radius 1 is 1.43 bits per heavy atom. The van der Waals surface area contributed by atoms with Gasteiger partial charge in [0.2, 0.25) is 0 Å². The molecule has 6 nitrogen and oxygen atoms in total. The average Bonchev–Trinajstić information content (AvgIpc) is 2.44. The molecule has 1 aromatic rings. The summed E-state index contributed by atoms with van der Waals surface area (Å²) < 4.78 is 4.49. The fourth-order valence-corrected chi connectivity index (χ4v) is 2.56. The van der Waals surface area contributed by atoms with Crippen molar-refractivity contribution in [1.82, 2.24) is 0 Å². The van der Waals surface area contributed by atoms with Crippen molar-refractivity contribution < 1.29 is 14.5 Å². The van der Waals surface area contributed by atoms with Crippen molar-refractivity contribution in [1.29, 1.82) is 0 Å². The van der Waals surface area contributed by atoms with Crippen molar-refractivity contribution in [2.75, 3.05) is 0 Å². The topological polar surface area (TPSA) is 95.5 Å². The van der Waals surface area contributed by atoms with Crippen molar-refractivity contribution in [3.05, 3.63) is 39.9 Å². The molecule has 0 radical (unpaired) electrons. The molecule has 21 heavy (non-hydrogen) atoms. The van der Waals surface area contributed by atoms with Crippen LogP contribution in [0.15, 0.2) is 24.3 Å². The third-order valence-electron chi connectivity index (χ3n) is 3.01. The number of non-ortho nitro benzene ring substituents is 1. The van der Waals surface area contributed by atoms with Crippen molar-refractivity contribution in [2.45, 2.75) is 38.5 Å². The Morgan fingerprint density at radius 2 is 2.00 bits per heavy atom. The van der Waals surface area contributed by atoms with Crippen LogP contribution in [-0.2, 0) is 16.1 Å². The molecule has 7 heteroatoms. The predicted octanol–water partition coefficient (Wildman–Crippen LogP) is 3.05. The van der Waals surface area contributed by atoms with Gasteiger partial charge in [0.25, 0.3) is 5.69 Å². The highest BCUT2D eigenvalue weighted by Gasteiger charge is 2.35. The summed E-state index contributed by atoms with van der Waals surface area (Å²) in [5, 5.41) is 16.2. The van der Waals surface area contributed by atoms with Crippen LogP contribution in [0.3, 0.4) is 0 Å². The molecular formula is C14H20N2O4S. The molecule has 2 N–H and O–H groups in total. The number of nitrogens with two attached hydrogens (primary N) is 1. The fourth-order valence-electron chi connectivity index (χ4n) is 1.97. The van der Waals surface area contributed by atoms with E-state index in [-0.39, 0.29) is 18.3 Å². The first-order valence-corrected chi connectivity index (χ1v) is 7.45. The number of esters is 1. The molecule has 0 fully saturated rings. The van der Waals surface area contributed by atoms with Gasteiger partial charge in [0.05, 0.1) is 4.92 Å². The van der Waals surface area contributed by atoms with Gasteiger partial charge in [0.15, 0.2) is 0 Å². The first-order chi connectivity index (χ1) is 9.78. The van der Waals surface area contributed by atoms with Crippen molar-refractivity contribution in [3.8, 4) is 0 Å². The number of ether oxygens (including phenoxy) is 1. The highest BCUT2D eigenvalue weighted by atomic mass is 32.2. The molecule has 0 saturated carbocycles. The lowest BCUT2D eigenvalue weighted by atomic mass is 9.98. The molecule has 116 valence electrons. The molecule has 1 atom stereocenters. The fraction of sp³-hybridized carbons (Fsp3) is 0.500. The summed E-state index contributed by atoms with van der Waals surface area (Å²) in [6.45, 7) is 5.86. The highest BCUT2D eigenvalue weighted by Crippen LogP contribution is 2.29. The summed E-state index contributed by atoms with van der Waals surface area (Å²) in [6.07, 6.45) is 0.618. The lowest BCUT2D eigenvalue weighted by Gasteiger charge is -2.26. The van der Waals surface area contributed by atoms with Crippen LogP contribution < -0.4 is 5.14 Å². The first kappa shape index (κ1) is 17.5. The maximum absolute atomic E-state index is 12.1. The van der Waals surface area contributed by atoms with E-state index in [9.17, 15) is 14.9 Å². The Morgan fingerprint density at radius 3 is 2.43 bits per heavy atom. The van der Waals surface area contributed by atoms with Gasteiger partial charge in [-0.1, -0.05) is 25.8 Å². The molecule has 0 aliphatic carbocycles. The van der Waals surface area contributed by atoms with Crippen molar-refractivity contribution in [2.24, 2.45) is 11.1 Å². The number of carbonyl (C=O) groups excluding carboxylic acids is 1. The van der Waals surface area contributed by atoms with Crippen LogP contribution in [0, 0.1) is 16.0 Å². The lowest BCUT2D eigenvalue weighted by Crippen LogP contribution is -2.36. The van der Waals surface area contributed by atoms with Gasteiger partial charge >= 0.3 is 5.97 Å². The van der Waals surface area contributed by atoms with Crippen molar-refractivity contribution in [3.63, 3.8) is 0 Å². The number of benzene rings is 1. The van der Waals surface area contributed by atoms with Gasteiger partial charge in [0, 0.05) is 12.1 Å². The van der Waals surface area contributed by atoms with Crippen LogP contribution in [0.1, 0.15) is 32.8 Å². The van der Waals surface area contributed by atoms with Crippen LogP contribution in [0.4, 0.5) is 5.69 Å². The zero-order chi connectivity index (χ0) is 16.0. The summed E-state index contributed by atoms with van der Waals surface area (Å²) >= 11 is 0.986. The minimum atomic E-state index is -0.783. The number of nitrogens with zero attached hydrogens (tertiary/aromatic N) is 1. The SMILES string of the molecule is CC(C)C[C@@](C)(SN)C(=O)OCc1ccc([N+](=O)[O-])cc1. The summed E-state index contributed by atoms with van der Waals surface area (Å²) in [5.74, 6) is -0.0555. The minimum absolute atomic E-state index is 0.00670. The van der Waals surface area contributed by atoms with Crippen molar-refractivity contribution >= 4 is 23.6 Å². The molecule has 0 unspecified atom stereocenters. The molecule has 0 bridgehead atoms. The van der Waals surface area contributed by atoms with E-state index in [1.54, 1.807) is 19.1 Å². The third-order valence-corrected chi connectivity index (χ3v) is 3.86. The van der Waals surface area contributed by atoms with E-state index in [0.717, 1.165) is 11.9 Å². The largest absolute Gasteiger partial charge is 0.460 e. The second kappa shape index (κ2) is 7.42. The summed E-state index contributed by atoms with van der Waals surface area (Å²) in [7, 11) is 0. The Bertz CT molecular complexity index is 504. The minimum Gasteiger partial charge on any atom is -0.460 e. The van der Waals surface area contributed by atoms with E-state index in [2.05, 4.69) is 0 Å². The predicted molar refractivity (Wildman–Crippen MR) is 82.5 cm³/mol. The molecule has 0 spiro atoms. The van der Waals surface area contributed by atoms with E-state index < -0.39 is 9.67 Å². The van der Waals surface area contributed by atoms with Gasteiger partial charge in [-0.2, -0.15) is 0 Å². The van der Waals surface area contributed by atoms with Crippen LogP contribution in [0.5, 0.6) is 0 Å².